The van der Waals surface area contributed by atoms with E-state index in [0.29, 0.717) is 27.9 Å². The number of carbonyl (C=O) groups excluding carboxylic acids is 1. The molecule has 8 heteroatoms. The monoisotopic (exact) mass is 452 g/mol. The van der Waals surface area contributed by atoms with E-state index in [2.05, 4.69) is 10.4 Å². The number of benzene rings is 2. The fraction of sp³-hybridized carbons (Fsp3) is 0.174. The van der Waals surface area contributed by atoms with Crippen LogP contribution in [0.5, 0.6) is 0 Å². The molecule has 6 nitrogen and oxygen atoms in total. The van der Waals surface area contributed by atoms with Crippen LogP contribution in [0.15, 0.2) is 78.3 Å². The molecule has 0 saturated heterocycles. The number of esters is 1. The molecule has 0 radical (unpaired) electrons. The van der Waals surface area contributed by atoms with Crippen LogP contribution in [0.1, 0.15) is 24.1 Å². The minimum atomic E-state index is -0.465. The average Bonchev–Trinajstić information content (AvgIpc) is 3.23. The number of allylic oxidation sites excluding steroid dienone is 1. The first-order chi connectivity index (χ1) is 15.0. The summed E-state index contributed by atoms with van der Waals surface area (Å²) < 4.78 is 6.94. The van der Waals surface area contributed by atoms with Gasteiger partial charge in [0.2, 0.25) is 0 Å². The van der Waals surface area contributed by atoms with Crippen molar-refractivity contribution in [2.24, 2.45) is 0 Å². The van der Waals surface area contributed by atoms with E-state index in [-0.39, 0.29) is 0 Å². The van der Waals surface area contributed by atoms with Gasteiger partial charge in [0.1, 0.15) is 0 Å². The summed E-state index contributed by atoms with van der Waals surface area (Å²) in [5, 5.41) is 8.86. The fourth-order valence-electron chi connectivity index (χ4n) is 3.65. The molecule has 1 atom stereocenters. The highest BCUT2D eigenvalue weighted by Crippen LogP contribution is 2.34. The summed E-state index contributed by atoms with van der Waals surface area (Å²) >= 11 is 11.7. The average molecular weight is 453 g/mol. The lowest BCUT2D eigenvalue weighted by Crippen LogP contribution is -2.48. The van der Waals surface area contributed by atoms with Gasteiger partial charge >= 0.3 is 5.97 Å². The molecule has 158 valence electrons. The third-order valence-corrected chi connectivity index (χ3v) is 5.70. The molecule has 0 spiro atoms. The predicted octanol–water partition coefficient (Wildman–Crippen LogP) is 4.47. The number of methoxy groups -OCH3 is 1. The number of halogens is 1. The summed E-state index contributed by atoms with van der Waals surface area (Å²) in [6.07, 6.45) is 3.67. The van der Waals surface area contributed by atoms with Gasteiger partial charge in [-0.1, -0.05) is 41.9 Å². The highest BCUT2D eigenvalue weighted by molar-refractivity contribution is 7.80. The number of carbonyl (C=O) groups is 1. The largest absolute Gasteiger partial charge is 0.466 e. The number of thiocarbonyl (C=S) groups is 1. The quantitative estimate of drug-likeness (QED) is 0.455. The Kier molecular flexibility index (Phi) is 6.06. The molecule has 0 amide bonds. The molecule has 0 saturated carbocycles. The molecule has 1 aliphatic heterocycles. The molecule has 0 bridgehead atoms. The Morgan fingerprint density at radius 3 is 2.58 bits per heavy atom. The number of aromatic nitrogens is 2. The molecule has 1 aliphatic rings. The van der Waals surface area contributed by atoms with Crippen molar-refractivity contribution in [1.29, 1.82) is 0 Å². The molecule has 1 N–H and O–H groups in total. The zero-order valence-corrected chi connectivity index (χ0v) is 18.7. The lowest BCUT2D eigenvalue weighted by Gasteiger charge is -2.37. The minimum Gasteiger partial charge on any atom is -0.466 e. The Bertz CT molecular complexity index is 1140. The van der Waals surface area contributed by atoms with Gasteiger partial charge in [0.05, 0.1) is 31.5 Å². The van der Waals surface area contributed by atoms with Crippen LogP contribution >= 0.6 is 23.8 Å². The third-order valence-electron chi connectivity index (χ3n) is 5.15. The van der Waals surface area contributed by atoms with E-state index in [9.17, 15) is 4.79 Å². The summed E-state index contributed by atoms with van der Waals surface area (Å²) in [5.74, 6) is -0.424. The smallest absolute Gasteiger partial charge is 0.337 e. The molecule has 1 aromatic heterocycles. The first-order valence-corrected chi connectivity index (χ1v) is 10.5. The zero-order chi connectivity index (χ0) is 22.0. The van der Waals surface area contributed by atoms with E-state index in [1.54, 1.807) is 18.3 Å². The van der Waals surface area contributed by atoms with Gasteiger partial charge < -0.3 is 10.1 Å². The van der Waals surface area contributed by atoms with E-state index in [1.807, 2.05) is 65.2 Å². The number of hydrogen-bond acceptors (Lipinski definition) is 4. The van der Waals surface area contributed by atoms with Gasteiger partial charge in [-0.05, 0) is 49.0 Å². The van der Waals surface area contributed by atoms with Crippen LogP contribution in [0.4, 0.5) is 5.69 Å². The minimum absolute atomic E-state index is 0.424. The van der Waals surface area contributed by atoms with Crippen LogP contribution < -0.4 is 10.2 Å². The second kappa shape index (κ2) is 8.91. The van der Waals surface area contributed by atoms with Crippen molar-refractivity contribution >= 4 is 40.6 Å². The van der Waals surface area contributed by atoms with E-state index < -0.39 is 12.0 Å². The maximum Gasteiger partial charge on any atom is 0.337 e. The molecular weight excluding hydrogens is 432 g/mol. The van der Waals surface area contributed by atoms with Crippen molar-refractivity contribution in [3.05, 3.63) is 94.4 Å². The molecule has 3 aromatic rings. The molecule has 2 aromatic carbocycles. The normalized spacial score (nSPS) is 16.3. The Morgan fingerprint density at radius 1 is 1.19 bits per heavy atom. The fourth-order valence-corrected chi connectivity index (χ4v) is 4.14. The number of ether oxygens (including phenoxy) is 1. The second-order valence-electron chi connectivity index (χ2n) is 7.14. The van der Waals surface area contributed by atoms with Crippen LogP contribution in [0.2, 0.25) is 5.02 Å². The van der Waals surface area contributed by atoms with E-state index in [4.69, 9.17) is 28.6 Å². The predicted molar refractivity (Wildman–Crippen MR) is 125 cm³/mol. The number of anilines is 1. The molecule has 1 unspecified atom stereocenters. The van der Waals surface area contributed by atoms with Gasteiger partial charge in [-0.25, -0.2) is 4.79 Å². The van der Waals surface area contributed by atoms with Crippen molar-refractivity contribution in [3.63, 3.8) is 0 Å². The van der Waals surface area contributed by atoms with Crippen molar-refractivity contribution < 1.29 is 9.53 Å². The summed E-state index contributed by atoms with van der Waals surface area (Å²) in [4.78, 5) is 14.6. The number of nitrogens with zero attached hydrogens (tertiary/aromatic N) is 3. The van der Waals surface area contributed by atoms with Crippen LogP contribution in [0.3, 0.4) is 0 Å². The standard InChI is InChI=1S/C23H21ClN4O2S/c1-15-20(22(29)30-2)21(26-23(31)28(15)19-10-8-18(24)9-11-19)17-12-25-27(14-17)13-16-6-4-3-5-7-16/h3-12,14,21H,13H2,1-2H3,(H,26,31). The van der Waals surface area contributed by atoms with E-state index in [1.165, 1.54) is 7.11 Å². The molecule has 0 fully saturated rings. The van der Waals surface area contributed by atoms with E-state index >= 15 is 0 Å². The highest BCUT2D eigenvalue weighted by atomic mass is 35.5. The van der Waals surface area contributed by atoms with Gasteiger partial charge in [0.25, 0.3) is 0 Å². The third kappa shape index (κ3) is 4.33. The Balaban J connectivity index is 1.70. The van der Waals surface area contributed by atoms with Crippen LogP contribution in [0, 0.1) is 0 Å². The maximum atomic E-state index is 12.8. The lowest BCUT2D eigenvalue weighted by atomic mass is 9.97. The Labute approximate surface area is 191 Å². The van der Waals surface area contributed by atoms with Gasteiger partial charge in [-0.3, -0.25) is 9.58 Å². The highest BCUT2D eigenvalue weighted by Gasteiger charge is 2.35. The first-order valence-electron chi connectivity index (χ1n) is 9.69. The van der Waals surface area contributed by atoms with Crippen LogP contribution in [-0.2, 0) is 16.1 Å². The molecule has 0 aliphatic carbocycles. The molecule has 31 heavy (non-hydrogen) atoms. The first kappa shape index (κ1) is 21.1. The van der Waals surface area contributed by atoms with Crippen LogP contribution in [0.25, 0.3) is 0 Å². The van der Waals surface area contributed by atoms with Gasteiger partial charge in [0.15, 0.2) is 5.11 Å². The second-order valence-corrected chi connectivity index (χ2v) is 7.96. The SMILES string of the molecule is COC(=O)C1=C(C)N(c2ccc(Cl)cc2)C(=S)NC1c1cnn(Cc2ccccc2)c1. The lowest BCUT2D eigenvalue weighted by molar-refractivity contribution is -0.136. The maximum absolute atomic E-state index is 12.8. The Hall–Kier alpha value is -3.16. The van der Waals surface area contributed by atoms with Gasteiger partial charge in [0, 0.05) is 28.2 Å². The molecule has 2 heterocycles. The van der Waals surface area contributed by atoms with Crippen molar-refractivity contribution in [3.8, 4) is 0 Å². The molecular formula is C23H21ClN4O2S. The summed E-state index contributed by atoms with van der Waals surface area (Å²) in [6.45, 7) is 2.49. The summed E-state index contributed by atoms with van der Waals surface area (Å²) in [5.41, 5.74) is 3.94. The molecule has 4 rings (SSSR count). The summed E-state index contributed by atoms with van der Waals surface area (Å²) in [6, 6.07) is 16.9. The van der Waals surface area contributed by atoms with Crippen LogP contribution in [-0.4, -0.2) is 28.0 Å². The number of nitrogens with one attached hydrogen (secondary N) is 1. The number of rotatable bonds is 5. The van der Waals surface area contributed by atoms with E-state index in [0.717, 1.165) is 16.8 Å². The van der Waals surface area contributed by atoms with Gasteiger partial charge in [-0.15, -0.1) is 0 Å². The topological polar surface area (TPSA) is 59.4 Å². The van der Waals surface area contributed by atoms with Crippen molar-refractivity contribution in [2.75, 3.05) is 12.0 Å². The van der Waals surface area contributed by atoms with Gasteiger partial charge in [-0.2, -0.15) is 5.10 Å². The van der Waals surface area contributed by atoms with Crippen molar-refractivity contribution in [2.45, 2.75) is 19.5 Å². The zero-order valence-electron chi connectivity index (χ0n) is 17.1. The van der Waals surface area contributed by atoms with Crippen molar-refractivity contribution in [1.82, 2.24) is 15.1 Å². The summed E-state index contributed by atoms with van der Waals surface area (Å²) in [7, 11) is 1.37. The number of hydrogen-bond donors (Lipinski definition) is 1. The Morgan fingerprint density at radius 2 is 1.90 bits per heavy atom.